The number of para-hydroxylation sites is 2. The van der Waals surface area contributed by atoms with E-state index < -0.39 is 11.2 Å². The lowest BCUT2D eigenvalue weighted by Crippen LogP contribution is -2.40. The molecule has 0 saturated heterocycles. The van der Waals surface area contributed by atoms with Crippen LogP contribution < -0.4 is 16.0 Å². The summed E-state index contributed by atoms with van der Waals surface area (Å²) >= 11 is 0. The van der Waals surface area contributed by atoms with E-state index in [4.69, 9.17) is 4.74 Å². The van der Waals surface area contributed by atoms with Crippen LogP contribution in [0.5, 0.6) is 5.75 Å². The molecule has 34 heavy (non-hydrogen) atoms. The summed E-state index contributed by atoms with van der Waals surface area (Å²) in [6, 6.07) is 22.6. The predicted octanol–water partition coefficient (Wildman–Crippen LogP) is 3.59. The van der Waals surface area contributed by atoms with Crippen LogP contribution in [0.25, 0.3) is 16.9 Å². The molecule has 8 heteroatoms. The highest BCUT2D eigenvalue weighted by Crippen LogP contribution is 2.23. The molecule has 3 aromatic carbocycles. The van der Waals surface area contributed by atoms with Crippen LogP contribution in [0, 0.1) is 5.82 Å². The molecule has 0 amide bonds. The number of benzene rings is 3. The van der Waals surface area contributed by atoms with E-state index in [2.05, 4.69) is 4.98 Å². The Morgan fingerprint density at radius 2 is 1.59 bits per heavy atom. The van der Waals surface area contributed by atoms with E-state index >= 15 is 0 Å². The maximum Gasteiger partial charge on any atom is 0.337 e. The van der Waals surface area contributed by atoms with Crippen LogP contribution in [-0.4, -0.2) is 25.8 Å². The van der Waals surface area contributed by atoms with Crippen LogP contribution >= 0.6 is 0 Å². The Morgan fingerprint density at radius 1 is 0.882 bits per heavy atom. The van der Waals surface area contributed by atoms with Crippen molar-refractivity contribution in [2.75, 3.05) is 7.11 Å². The van der Waals surface area contributed by atoms with Gasteiger partial charge in [-0.3, -0.25) is 9.36 Å². The Bertz CT molecular complexity index is 1600. The summed E-state index contributed by atoms with van der Waals surface area (Å²) < 4.78 is 24.0. The number of aromatic nitrogens is 4. The van der Waals surface area contributed by atoms with Crippen molar-refractivity contribution in [3.63, 3.8) is 0 Å². The minimum Gasteiger partial charge on any atom is -0.495 e. The number of nitrogens with zero attached hydrogens (tertiary/aromatic N) is 4. The maximum absolute atomic E-state index is 14.4. The van der Waals surface area contributed by atoms with Crippen LogP contribution in [0.15, 0.2) is 94.8 Å². The van der Waals surface area contributed by atoms with E-state index in [9.17, 15) is 14.0 Å². The summed E-state index contributed by atoms with van der Waals surface area (Å²) in [5.74, 6) is 0.0754. The zero-order chi connectivity index (χ0) is 23.7. The Morgan fingerprint density at radius 3 is 2.35 bits per heavy atom. The first-order valence-electron chi connectivity index (χ1n) is 10.7. The first kappa shape index (κ1) is 21.4. The zero-order valence-electron chi connectivity index (χ0n) is 18.4. The molecular weight excluding hydrogens is 435 g/mol. The maximum atomic E-state index is 14.4. The number of imidazole rings is 1. The molecule has 5 aromatic rings. The third-order valence-electron chi connectivity index (χ3n) is 5.71. The van der Waals surface area contributed by atoms with E-state index in [-0.39, 0.29) is 30.1 Å². The minimum atomic E-state index is -0.540. The first-order chi connectivity index (χ1) is 16.6. The highest BCUT2D eigenvalue weighted by atomic mass is 19.1. The summed E-state index contributed by atoms with van der Waals surface area (Å²) in [7, 11) is 1.51. The smallest absolute Gasteiger partial charge is 0.337 e. The van der Waals surface area contributed by atoms with Crippen LogP contribution in [0.2, 0.25) is 0 Å². The number of ether oxygens (including phenoxy) is 1. The van der Waals surface area contributed by atoms with Gasteiger partial charge in [-0.15, -0.1) is 0 Å². The molecule has 0 N–H and O–H groups in total. The van der Waals surface area contributed by atoms with Gasteiger partial charge in [-0.05, 0) is 23.8 Å². The van der Waals surface area contributed by atoms with Crippen LogP contribution in [-0.2, 0) is 13.1 Å². The van der Waals surface area contributed by atoms with Gasteiger partial charge in [-0.25, -0.2) is 18.7 Å². The number of hydrogen-bond donors (Lipinski definition) is 0. The molecule has 0 aliphatic rings. The zero-order valence-corrected chi connectivity index (χ0v) is 18.4. The average Bonchev–Trinajstić information content (AvgIpc) is 3.27. The van der Waals surface area contributed by atoms with Gasteiger partial charge < -0.3 is 9.30 Å². The van der Waals surface area contributed by atoms with Crippen molar-refractivity contribution in [3.8, 4) is 11.4 Å². The number of methoxy groups -OCH3 is 1. The highest BCUT2D eigenvalue weighted by molar-refractivity contribution is 5.73. The molecule has 7 nitrogen and oxygen atoms in total. The lowest BCUT2D eigenvalue weighted by Gasteiger charge is -2.15. The highest BCUT2D eigenvalue weighted by Gasteiger charge is 2.21. The van der Waals surface area contributed by atoms with Crippen molar-refractivity contribution in [1.82, 2.24) is 18.7 Å². The van der Waals surface area contributed by atoms with Gasteiger partial charge >= 0.3 is 5.69 Å². The molecule has 2 aromatic heterocycles. The van der Waals surface area contributed by atoms with Crippen LogP contribution in [0.3, 0.4) is 0 Å². The largest absolute Gasteiger partial charge is 0.495 e. The molecule has 0 aliphatic carbocycles. The second kappa shape index (κ2) is 8.82. The molecule has 0 saturated carbocycles. The molecule has 0 spiro atoms. The number of fused-ring (bicyclic) bond motifs is 1. The van der Waals surface area contributed by atoms with Crippen molar-refractivity contribution >= 4 is 11.2 Å². The summed E-state index contributed by atoms with van der Waals surface area (Å²) in [6.45, 7) is 0.169. The van der Waals surface area contributed by atoms with Gasteiger partial charge in [0.15, 0.2) is 11.2 Å². The summed E-state index contributed by atoms with van der Waals surface area (Å²) in [6.07, 6.45) is 1.46. The standard InChI is InChI=1S/C26H21FN4O3/c1-34-22-14-8-7-13-21(22)31-24-23(29(17-28-24)16-19-11-5-6-12-20(19)27)25(32)30(26(31)33)15-18-9-3-2-4-10-18/h2-14,17H,15-16H2,1H3. The summed E-state index contributed by atoms with van der Waals surface area (Å²) in [5.41, 5.74) is 1.01. The van der Waals surface area contributed by atoms with Gasteiger partial charge in [-0.2, -0.15) is 0 Å². The summed E-state index contributed by atoms with van der Waals surface area (Å²) in [4.78, 5) is 31.7. The molecule has 0 fully saturated rings. The minimum absolute atomic E-state index is 0.0779. The van der Waals surface area contributed by atoms with E-state index in [1.807, 2.05) is 30.3 Å². The fourth-order valence-corrected chi connectivity index (χ4v) is 4.05. The normalized spacial score (nSPS) is 11.1. The Hall–Kier alpha value is -4.46. The Balaban J connectivity index is 1.80. The molecule has 170 valence electrons. The van der Waals surface area contributed by atoms with Gasteiger partial charge in [0.05, 0.1) is 32.2 Å². The van der Waals surface area contributed by atoms with E-state index in [1.54, 1.807) is 47.0 Å². The lowest BCUT2D eigenvalue weighted by molar-refractivity contribution is 0.412. The predicted molar refractivity (Wildman–Crippen MR) is 127 cm³/mol. The number of rotatable bonds is 6. The van der Waals surface area contributed by atoms with Crippen molar-refractivity contribution in [3.05, 3.63) is 123 Å². The van der Waals surface area contributed by atoms with Crippen molar-refractivity contribution in [2.24, 2.45) is 0 Å². The molecule has 0 aliphatic heterocycles. The van der Waals surface area contributed by atoms with E-state index in [0.717, 1.165) is 5.56 Å². The van der Waals surface area contributed by atoms with Crippen LogP contribution in [0.1, 0.15) is 11.1 Å². The fraction of sp³-hybridized carbons (Fsp3) is 0.115. The van der Waals surface area contributed by atoms with E-state index in [1.165, 1.54) is 28.6 Å². The fourth-order valence-electron chi connectivity index (χ4n) is 4.05. The third-order valence-corrected chi connectivity index (χ3v) is 5.71. The van der Waals surface area contributed by atoms with Gasteiger partial charge in [0.1, 0.15) is 11.6 Å². The van der Waals surface area contributed by atoms with Gasteiger partial charge in [0.2, 0.25) is 0 Å². The van der Waals surface area contributed by atoms with Gasteiger partial charge in [0.25, 0.3) is 5.56 Å². The molecule has 0 bridgehead atoms. The molecule has 2 heterocycles. The van der Waals surface area contributed by atoms with Crippen molar-refractivity contribution in [1.29, 1.82) is 0 Å². The van der Waals surface area contributed by atoms with Crippen LogP contribution in [0.4, 0.5) is 4.39 Å². The van der Waals surface area contributed by atoms with E-state index in [0.29, 0.717) is 17.0 Å². The number of halogens is 1. The van der Waals surface area contributed by atoms with Crippen molar-refractivity contribution in [2.45, 2.75) is 13.1 Å². The average molecular weight is 456 g/mol. The second-order valence-electron chi connectivity index (χ2n) is 7.80. The van der Waals surface area contributed by atoms with Gasteiger partial charge in [0, 0.05) is 5.56 Å². The topological polar surface area (TPSA) is 71.1 Å². The van der Waals surface area contributed by atoms with Gasteiger partial charge in [-0.1, -0.05) is 60.7 Å². The molecule has 0 radical (unpaired) electrons. The third kappa shape index (κ3) is 3.69. The second-order valence-corrected chi connectivity index (χ2v) is 7.80. The molecule has 0 unspecified atom stereocenters. The Kier molecular flexibility index (Phi) is 5.55. The molecule has 5 rings (SSSR count). The summed E-state index contributed by atoms with van der Waals surface area (Å²) in [5, 5.41) is 0. The first-order valence-corrected chi connectivity index (χ1v) is 10.7. The molecular formula is C26H21FN4O3. The molecule has 0 atom stereocenters. The SMILES string of the molecule is COc1ccccc1-n1c(=O)n(Cc2ccccc2)c(=O)c2c1ncn2Cc1ccccc1F. The Labute approximate surface area is 193 Å². The quantitative estimate of drug-likeness (QED) is 0.392. The number of hydrogen-bond acceptors (Lipinski definition) is 4. The lowest BCUT2D eigenvalue weighted by atomic mass is 10.2. The van der Waals surface area contributed by atoms with Crippen molar-refractivity contribution < 1.29 is 9.13 Å². The monoisotopic (exact) mass is 456 g/mol.